The van der Waals surface area contributed by atoms with E-state index in [1.54, 1.807) is 23.1 Å². The number of hydrogen-bond donors (Lipinski definition) is 2. The van der Waals surface area contributed by atoms with Crippen LogP contribution in [0.5, 0.6) is 0 Å². The second-order valence-corrected chi connectivity index (χ2v) is 6.51. The van der Waals surface area contributed by atoms with Crippen molar-refractivity contribution in [3.8, 4) is 0 Å². The average Bonchev–Trinajstić information content (AvgIpc) is 2.92. The molecule has 0 fully saturated rings. The molecule has 0 aliphatic rings. The zero-order chi connectivity index (χ0) is 14.4. The maximum absolute atomic E-state index is 13.4. The van der Waals surface area contributed by atoms with Crippen LogP contribution in [0.4, 0.5) is 15.8 Å². The van der Waals surface area contributed by atoms with Crippen molar-refractivity contribution in [2.75, 3.05) is 16.8 Å². The summed E-state index contributed by atoms with van der Waals surface area (Å²) in [5.41, 5.74) is 6.12. The first-order valence-corrected chi connectivity index (χ1v) is 8.03. The van der Waals surface area contributed by atoms with Gasteiger partial charge in [-0.2, -0.15) is 0 Å². The number of nitrogen functional groups attached to an aromatic ring is 1. The SMILES string of the molecule is Nc1ccc(F)c(NC(=O)CCCSc2cccs2)c1. The number of rotatable bonds is 6. The van der Waals surface area contributed by atoms with Crippen molar-refractivity contribution in [1.29, 1.82) is 0 Å². The third kappa shape index (κ3) is 4.54. The molecule has 1 aromatic heterocycles. The van der Waals surface area contributed by atoms with Crippen LogP contribution in [0.2, 0.25) is 0 Å². The Kier molecular flexibility index (Phi) is 5.43. The third-order valence-corrected chi connectivity index (χ3v) is 4.77. The van der Waals surface area contributed by atoms with Crippen LogP contribution in [0.3, 0.4) is 0 Å². The van der Waals surface area contributed by atoms with Gasteiger partial charge in [-0.15, -0.1) is 23.1 Å². The van der Waals surface area contributed by atoms with Crippen LogP contribution in [-0.4, -0.2) is 11.7 Å². The van der Waals surface area contributed by atoms with E-state index < -0.39 is 5.82 Å². The molecular weight excluding hydrogens is 295 g/mol. The highest BCUT2D eigenvalue weighted by Gasteiger charge is 2.07. The summed E-state index contributed by atoms with van der Waals surface area (Å²) in [6.45, 7) is 0. The molecular formula is C14H15FN2OS2. The van der Waals surface area contributed by atoms with Crippen LogP contribution >= 0.6 is 23.1 Å². The molecule has 6 heteroatoms. The molecule has 20 heavy (non-hydrogen) atoms. The molecule has 0 aliphatic heterocycles. The van der Waals surface area contributed by atoms with Crippen LogP contribution in [0.15, 0.2) is 39.9 Å². The molecule has 3 nitrogen and oxygen atoms in total. The van der Waals surface area contributed by atoms with Gasteiger partial charge in [0.05, 0.1) is 9.90 Å². The van der Waals surface area contributed by atoms with Gasteiger partial charge in [-0.25, -0.2) is 4.39 Å². The van der Waals surface area contributed by atoms with E-state index >= 15 is 0 Å². The summed E-state index contributed by atoms with van der Waals surface area (Å²) in [6.07, 6.45) is 1.12. The predicted octanol–water partition coefficient (Wildman–Crippen LogP) is 3.98. The van der Waals surface area contributed by atoms with Gasteiger partial charge in [0.2, 0.25) is 5.91 Å². The lowest BCUT2D eigenvalue weighted by molar-refractivity contribution is -0.116. The van der Waals surface area contributed by atoms with Gasteiger partial charge in [0, 0.05) is 12.1 Å². The van der Waals surface area contributed by atoms with E-state index in [9.17, 15) is 9.18 Å². The standard InChI is InChI=1S/C14H15FN2OS2/c15-11-6-5-10(16)9-12(11)17-13(18)3-1-7-19-14-4-2-8-20-14/h2,4-6,8-9H,1,3,7,16H2,(H,17,18). The Morgan fingerprint density at radius 1 is 1.40 bits per heavy atom. The summed E-state index contributed by atoms with van der Waals surface area (Å²) < 4.78 is 14.7. The summed E-state index contributed by atoms with van der Waals surface area (Å²) in [7, 11) is 0. The van der Waals surface area contributed by atoms with Crippen LogP contribution in [0, 0.1) is 5.82 Å². The van der Waals surface area contributed by atoms with Gasteiger partial charge in [0.25, 0.3) is 0 Å². The highest BCUT2D eigenvalue weighted by Crippen LogP contribution is 2.24. The van der Waals surface area contributed by atoms with Gasteiger partial charge in [-0.05, 0) is 41.8 Å². The maximum Gasteiger partial charge on any atom is 0.224 e. The summed E-state index contributed by atoms with van der Waals surface area (Å²) in [5, 5.41) is 4.57. The number of nitrogens with one attached hydrogen (secondary N) is 1. The number of amides is 1. The molecule has 0 atom stereocenters. The summed E-state index contributed by atoms with van der Waals surface area (Å²) in [6, 6.07) is 8.19. The van der Waals surface area contributed by atoms with E-state index in [1.165, 1.54) is 22.4 Å². The van der Waals surface area contributed by atoms with Crippen LogP contribution in [0.1, 0.15) is 12.8 Å². The number of carbonyl (C=O) groups excluding carboxylic acids is 1. The molecule has 2 rings (SSSR count). The number of benzene rings is 1. The normalized spacial score (nSPS) is 10.4. The Hall–Kier alpha value is -1.53. The van der Waals surface area contributed by atoms with Gasteiger partial charge in [0.1, 0.15) is 5.82 Å². The average molecular weight is 310 g/mol. The first-order valence-electron chi connectivity index (χ1n) is 6.16. The fourth-order valence-electron chi connectivity index (χ4n) is 1.60. The minimum atomic E-state index is -0.472. The second kappa shape index (κ2) is 7.31. The summed E-state index contributed by atoms with van der Waals surface area (Å²) in [5.74, 6) is 0.203. The van der Waals surface area contributed by atoms with Crippen molar-refractivity contribution in [3.05, 3.63) is 41.5 Å². The van der Waals surface area contributed by atoms with E-state index in [1.807, 2.05) is 11.4 Å². The summed E-state index contributed by atoms with van der Waals surface area (Å²) >= 11 is 3.41. The van der Waals surface area contributed by atoms with E-state index in [0.29, 0.717) is 12.1 Å². The smallest absolute Gasteiger partial charge is 0.224 e. The second-order valence-electron chi connectivity index (χ2n) is 4.17. The van der Waals surface area contributed by atoms with E-state index in [4.69, 9.17) is 5.73 Å². The molecule has 106 valence electrons. The molecule has 1 amide bonds. The van der Waals surface area contributed by atoms with E-state index in [-0.39, 0.29) is 11.6 Å². The van der Waals surface area contributed by atoms with Gasteiger partial charge in [-0.1, -0.05) is 6.07 Å². The van der Waals surface area contributed by atoms with Crippen LogP contribution < -0.4 is 11.1 Å². The monoisotopic (exact) mass is 310 g/mol. The largest absolute Gasteiger partial charge is 0.399 e. The number of thiophene rings is 1. The molecule has 3 N–H and O–H groups in total. The Bertz CT molecular complexity index is 573. The minimum absolute atomic E-state index is 0.140. The Balaban J connectivity index is 1.73. The molecule has 1 aromatic carbocycles. The first-order chi connectivity index (χ1) is 9.65. The number of nitrogens with two attached hydrogens (primary N) is 1. The van der Waals surface area contributed by atoms with Crippen molar-refractivity contribution in [3.63, 3.8) is 0 Å². The summed E-state index contributed by atoms with van der Waals surface area (Å²) in [4.78, 5) is 11.7. The topological polar surface area (TPSA) is 55.1 Å². The zero-order valence-electron chi connectivity index (χ0n) is 10.8. The lowest BCUT2D eigenvalue weighted by Gasteiger charge is -2.07. The van der Waals surface area contributed by atoms with Crippen molar-refractivity contribution in [2.45, 2.75) is 17.1 Å². The highest BCUT2D eigenvalue weighted by molar-refractivity contribution is 8.01. The van der Waals surface area contributed by atoms with Crippen molar-refractivity contribution in [1.82, 2.24) is 0 Å². The molecule has 0 aliphatic carbocycles. The quantitative estimate of drug-likeness (QED) is 0.482. The van der Waals surface area contributed by atoms with Crippen molar-refractivity contribution >= 4 is 40.4 Å². The molecule has 0 spiro atoms. The van der Waals surface area contributed by atoms with Crippen molar-refractivity contribution < 1.29 is 9.18 Å². The number of anilines is 2. The fraction of sp³-hybridized carbons (Fsp3) is 0.214. The Morgan fingerprint density at radius 3 is 3.00 bits per heavy atom. The number of hydrogen-bond acceptors (Lipinski definition) is 4. The van der Waals surface area contributed by atoms with Gasteiger partial charge < -0.3 is 11.1 Å². The van der Waals surface area contributed by atoms with Gasteiger partial charge >= 0.3 is 0 Å². The maximum atomic E-state index is 13.4. The van der Waals surface area contributed by atoms with Crippen LogP contribution in [0.25, 0.3) is 0 Å². The molecule has 0 radical (unpaired) electrons. The molecule has 1 heterocycles. The highest BCUT2D eigenvalue weighted by atomic mass is 32.2. The molecule has 0 saturated heterocycles. The fourth-order valence-corrected chi connectivity index (χ4v) is 3.40. The first kappa shape index (κ1) is 14.9. The van der Waals surface area contributed by atoms with Crippen LogP contribution in [-0.2, 0) is 4.79 Å². The number of thioether (sulfide) groups is 1. The van der Waals surface area contributed by atoms with E-state index in [2.05, 4.69) is 11.4 Å². The number of halogens is 1. The third-order valence-electron chi connectivity index (χ3n) is 2.55. The lowest BCUT2D eigenvalue weighted by atomic mass is 10.2. The van der Waals surface area contributed by atoms with Gasteiger partial charge in [0.15, 0.2) is 0 Å². The predicted molar refractivity (Wildman–Crippen MR) is 83.7 cm³/mol. The lowest BCUT2D eigenvalue weighted by Crippen LogP contribution is -2.12. The van der Waals surface area contributed by atoms with E-state index in [0.717, 1.165) is 12.2 Å². The molecule has 0 unspecified atom stereocenters. The number of carbonyl (C=O) groups is 1. The van der Waals surface area contributed by atoms with Gasteiger partial charge in [-0.3, -0.25) is 4.79 Å². The van der Waals surface area contributed by atoms with Crippen molar-refractivity contribution in [2.24, 2.45) is 0 Å². The minimum Gasteiger partial charge on any atom is -0.399 e. The zero-order valence-corrected chi connectivity index (χ0v) is 12.4. The molecule has 0 saturated carbocycles. The molecule has 2 aromatic rings. The Labute approximate surface area is 125 Å². The Morgan fingerprint density at radius 2 is 2.25 bits per heavy atom. The molecule has 0 bridgehead atoms.